The molecule has 2 N–H and O–H groups in total. The molecule has 0 spiro atoms. The van der Waals surface area contributed by atoms with E-state index in [-0.39, 0.29) is 12.1 Å². The Labute approximate surface area is 86.0 Å². The largest absolute Gasteiger partial charge is 0.326 e. The molecule has 0 radical (unpaired) electrons. The highest BCUT2D eigenvalue weighted by atomic mass is 32.2. The maximum Gasteiger partial charge on any atom is 0.282 e. The molecule has 5 nitrogen and oxygen atoms in total. The molecule has 0 saturated carbocycles. The van der Waals surface area contributed by atoms with Crippen LogP contribution in [-0.2, 0) is 10.2 Å². The van der Waals surface area contributed by atoms with Crippen LogP contribution in [0.1, 0.15) is 20.3 Å². The fourth-order valence-electron chi connectivity index (χ4n) is 1.41. The van der Waals surface area contributed by atoms with E-state index in [9.17, 15) is 8.42 Å². The number of nitrogens with zero attached hydrogens (tertiary/aromatic N) is 2. The number of hydrogen-bond donors (Lipinski definition) is 1. The summed E-state index contributed by atoms with van der Waals surface area (Å²) in [6.45, 7) is 4.70. The minimum absolute atomic E-state index is 0.00895. The van der Waals surface area contributed by atoms with Crippen molar-refractivity contribution in [3.63, 3.8) is 0 Å². The van der Waals surface area contributed by atoms with Gasteiger partial charge in [-0.05, 0) is 20.3 Å². The molecule has 0 aromatic carbocycles. The van der Waals surface area contributed by atoms with E-state index in [1.54, 1.807) is 7.05 Å². The molecule has 0 amide bonds. The van der Waals surface area contributed by atoms with Crippen LogP contribution < -0.4 is 5.73 Å². The second kappa shape index (κ2) is 4.14. The molecule has 14 heavy (non-hydrogen) atoms. The molecule has 1 rings (SSSR count). The molecule has 0 bridgehead atoms. The van der Waals surface area contributed by atoms with Gasteiger partial charge in [0.05, 0.1) is 0 Å². The van der Waals surface area contributed by atoms with Gasteiger partial charge in [0, 0.05) is 32.2 Å². The average Bonchev–Trinajstić information content (AvgIpc) is 2.50. The van der Waals surface area contributed by atoms with Gasteiger partial charge in [0.1, 0.15) is 0 Å². The van der Waals surface area contributed by atoms with E-state index in [2.05, 4.69) is 0 Å². The summed E-state index contributed by atoms with van der Waals surface area (Å²) in [7, 11) is -1.68. The maximum atomic E-state index is 11.9. The van der Waals surface area contributed by atoms with Crippen LogP contribution in [0, 0.1) is 0 Å². The lowest BCUT2D eigenvalue weighted by atomic mass is 10.3. The van der Waals surface area contributed by atoms with Crippen molar-refractivity contribution in [3.8, 4) is 0 Å². The standard InChI is InChI=1S/C8H19N3O2S/c1-7(2)10(3)14(12,13)11-5-4-8(9)6-11/h7-8H,4-6,9H2,1-3H3/t8-/m1/s1. The molecule has 1 saturated heterocycles. The first-order valence-electron chi connectivity index (χ1n) is 4.84. The van der Waals surface area contributed by atoms with Crippen molar-refractivity contribution in [1.29, 1.82) is 0 Å². The first-order valence-corrected chi connectivity index (χ1v) is 6.24. The van der Waals surface area contributed by atoms with Gasteiger partial charge in [-0.15, -0.1) is 0 Å². The lowest BCUT2D eigenvalue weighted by Crippen LogP contribution is -2.44. The zero-order chi connectivity index (χ0) is 10.9. The summed E-state index contributed by atoms with van der Waals surface area (Å²) >= 11 is 0. The van der Waals surface area contributed by atoms with Crippen molar-refractivity contribution >= 4 is 10.2 Å². The predicted molar refractivity (Wildman–Crippen MR) is 56.0 cm³/mol. The summed E-state index contributed by atoms with van der Waals surface area (Å²) in [6.07, 6.45) is 0.755. The SMILES string of the molecule is CC(C)N(C)S(=O)(=O)N1CC[C@@H](N)C1. The van der Waals surface area contributed by atoms with E-state index >= 15 is 0 Å². The van der Waals surface area contributed by atoms with Gasteiger partial charge >= 0.3 is 0 Å². The van der Waals surface area contributed by atoms with Gasteiger partial charge in [-0.25, -0.2) is 0 Å². The Hall–Kier alpha value is -0.170. The smallest absolute Gasteiger partial charge is 0.282 e. The Kier molecular flexibility index (Phi) is 3.52. The first kappa shape index (κ1) is 11.9. The summed E-state index contributed by atoms with van der Waals surface area (Å²) < 4.78 is 26.7. The van der Waals surface area contributed by atoms with E-state index in [0.717, 1.165) is 6.42 Å². The van der Waals surface area contributed by atoms with Gasteiger partial charge in [-0.2, -0.15) is 17.0 Å². The van der Waals surface area contributed by atoms with Gasteiger partial charge in [0.2, 0.25) is 0 Å². The summed E-state index contributed by atoms with van der Waals surface area (Å²) in [6, 6.07) is -0.0258. The molecule has 1 atom stereocenters. The quantitative estimate of drug-likeness (QED) is 0.705. The van der Waals surface area contributed by atoms with Gasteiger partial charge in [-0.1, -0.05) is 0 Å². The Balaban J connectivity index is 2.75. The third-order valence-electron chi connectivity index (χ3n) is 2.60. The second-order valence-electron chi connectivity index (χ2n) is 4.02. The first-order chi connectivity index (χ1) is 6.35. The van der Waals surface area contributed by atoms with E-state index in [0.29, 0.717) is 13.1 Å². The fraction of sp³-hybridized carbons (Fsp3) is 1.00. The van der Waals surface area contributed by atoms with Crippen molar-refractivity contribution in [2.24, 2.45) is 5.73 Å². The van der Waals surface area contributed by atoms with Crippen molar-refractivity contribution in [1.82, 2.24) is 8.61 Å². The van der Waals surface area contributed by atoms with Crippen LogP contribution in [0.2, 0.25) is 0 Å². The number of nitrogens with two attached hydrogens (primary N) is 1. The van der Waals surface area contributed by atoms with Crippen molar-refractivity contribution in [2.75, 3.05) is 20.1 Å². The summed E-state index contributed by atoms with van der Waals surface area (Å²) in [5, 5.41) is 0. The molecular formula is C8H19N3O2S. The highest BCUT2D eigenvalue weighted by Gasteiger charge is 2.33. The molecule has 0 unspecified atom stereocenters. The Bertz CT molecular complexity index is 289. The van der Waals surface area contributed by atoms with Gasteiger partial charge in [0.15, 0.2) is 0 Å². The van der Waals surface area contributed by atoms with E-state index < -0.39 is 10.2 Å². The molecule has 1 aliphatic heterocycles. The third-order valence-corrected chi connectivity index (χ3v) is 4.74. The Morgan fingerprint density at radius 1 is 1.50 bits per heavy atom. The van der Waals surface area contributed by atoms with Gasteiger partial charge in [0.25, 0.3) is 10.2 Å². The number of hydrogen-bond acceptors (Lipinski definition) is 3. The van der Waals surface area contributed by atoms with Crippen LogP contribution in [0.4, 0.5) is 0 Å². The molecule has 0 aromatic heterocycles. The molecule has 0 aromatic rings. The van der Waals surface area contributed by atoms with Crippen LogP contribution >= 0.6 is 0 Å². The lowest BCUT2D eigenvalue weighted by molar-refractivity contribution is 0.358. The molecule has 6 heteroatoms. The molecule has 84 valence electrons. The summed E-state index contributed by atoms with van der Waals surface area (Å²) in [5.74, 6) is 0. The highest BCUT2D eigenvalue weighted by Crippen LogP contribution is 2.16. The predicted octanol–water partition coefficient (Wildman–Crippen LogP) is -0.396. The molecule has 1 fully saturated rings. The third kappa shape index (κ3) is 2.25. The van der Waals surface area contributed by atoms with Crippen LogP contribution in [0.25, 0.3) is 0 Å². The van der Waals surface area contributed by atoms with E-state index in [4.69, 9.17) is 5.73 Å². The average molecular weight is 221 g/mol. The monoisotopic (exact) mass is 221 g/mol. The van der Waals surface area contributed by atoms with Crippen LogP contribution in [0.5, 0.6) is 0 Å². The maximum absolute atomic E-state index is 11.9. The molecule has 1 aliphatic rings. The minimum Gasteiger partial charge on any atom is -0.326 e. The van der Waals surface area contributed by atoms with Gasteiger partial charge < -0.3 is 5.73 Å². The van der Waals surface area contributed by atoms with Crippen molar-refractivity contribution in [3.05, 3.63) is 0 Å². The zero-order valence-electron chi connectivity index (χ0n) is 8.97. The van der Waals surface area contributed by atoms with Crippen LogP contribution in [0.3, 0.4) is 0 Å². The van der Waals surface area contributed by atoms with Crippen molar-refractivity contribution < 1.29 is 8.42 Å². The van der Waals surface area contributed by atoms with Crippen LogP contribution in [0.15, 0.2) is 0 Å². The molecule has 0 aliphatic carbocycles. The van der Waals surface area contributed by atoms with E-state index in [1.807, 2.05) is 13.8 Å². The Morgan fingerprint density at radius 2 is 2.07 bits per heavy atom. The van der Waals surface area contributed by atoms with Crippen molar-refractivity contribution in [2.45, 2.75) is 32.4 Å². The minimum atomic E-state index is -3.28. The van der Waals surface area contributed by atoms with Crippen LogP contribution in [-0.4, -0.2) is 49.2 Å². The van der Waals surface area contributed by atoms with E-state index in [1.165, 1.54) is 8.61 Å². The second-order valence-corrected chi connectivity index (χ2v) is 6.01. The highest BCUT2D eigenvalue weighted by molar-refractivity contribution is 7.86. The zero-order valence-corrected chi connectivity index (χ0v) is 9.79. The molecule has 1 heterocycles. The number of rotatable bonds is 3. The summed E-state index contributed by atoms with van der Waals surface area (Å²) in [5.41, 5.74) is 5.67. The van der Waals surface area contributed by atoms with Gasteiger partial charge in [-0.3, -0.25) is 0 Å². The Morgan fingerprint density at radius 3 is 2.43 bits per heavy atom. The lowest BCUT2D eigenvalue weighted by Gasteiger charge is -2.26. The normalized spacial score (nSPS) is 25.1. The fourth-order valence-corrected chi connectivity index (χ4v) is 3.03. The topological polar surface area (TPSA) is 66.6 Å². The molecular weight excluding hydrogens is 202 g/mol. The summed E-state index contributed by atoms with van der Waals surface area (Å²) in [4.78, 5) is 0.